The lowest BCUT2D eigenvalue weighted by Crippen LogP contribution is -2.24. The fourth-order valence-electron chi connectivity index (χ4n) is 1.86. The van der Waals surface area contributed by atoms with E-state index in [2.05, 4.69) is 0 Å². The van der Waals surface area contributed by atoms with Crippen molar-refractivity contribution in [2.45, 2.75) is 19.4 Å². The average Bonchev–Trinajstić information content (AvgIpc) is 2.67. The van der Waals surface area contributed by atoms with Crippen LogP contribution >= 0.6 is 0 Å². The van der Waals surface area contributed by atoms with Gasteiger partial charge >= 0.3 is 0 Å². The normalized spacial score (nSPS) is 16.9. The van der Waals surface area contributed by atoms with Crippen LogP contribution in [0.1, 0.15) is 18.4 Å². The molecule has 4 heteroatoms. The van der Waals surface area contributed by atoms with Crippen molar-refractivity contribution in [3.8, 4) is 0 Å². The van der Waals surface area contributed by atoms with E-state index >= 15 is 0 Å². The van der Waals surface area contributed by atoms with Crippen LogP contribution in [0, 0.1) is 0 Å². The molecular formula is C11H13NO2S. The van der Waals surface area contributed by atoms with Crippen molar-refractivity contribution < 1.29 is 8.42 Å². The van der Waals surface area contributed by atoms with Crippen molar-refractivity contribution in [3.05, 3.63) is 35.9 Å². The first-order valence-electron chi connectivity index (χ1n) is 5.01. The first kappa shape index (κ1) is 10.4. The van der Waals surface area contributed by atoms with E-state index in [-0.39, 0.29) is 0 Å². The van der Waals surface area contributed by atoms with Crippen LogP contribution in [0.2, 0.25) is 0 Å². The molecule has 1 saturated heterocycles. The predicted molar refractivity (Wildman–Crippen MR) is 60.0 cm³/mol. The lowest BCUT2D eigenvalue weighted by molar-refractivity contribution is 0.453. The minimum absolute atomic E-state index is 0.554. The van der Waals surface area contributed by atoms with Gasteiger partial charge in [-0.1, -0.05) is 30.3 Å². The van der Waals surface area contributed by atoms with Crippen LogP contribution in [0.3, 0.4) is 0 Å². The molecule has 80 valence electrons. The molecule has 0 atom stereocenters. The van der Waals surface area contributed by atoms with Crippen LogP contribution in [0.4, 0.5) is 0 Å². The van der Waals surface area contributed by atoms with Crippen LogP contribution in [0.15, 0.2) is 30.3 Å². The van der Waals surface area contributed by atoms with Gasteiger partial charge in [-0.2, -0.15) is 8.42 Å². The number of benzene rings is 1. The molecular weight excluding hydrogens is 210 g/mol. The molecule has 0 saturated carbocycles. The molecule has 3 nitrogen and oxygen atoms in total. The molecule has 1 heterocycles. The topological polar surface area (TPSA) is 37.4 Å². The maximum Gasteiger partial charge on any atom is 0.228 e. The number of nitrogens with zero attached hydrogens (tertiary/aromatic N) is 1. The van der Waals surface area contributed by atoms with E-state index in [0.717, 1.165) is 18.5 Å². The van der Waals surface area contributed by atoms with Crippen molar-refractivity contribution in [1.82, 2.24) is 4.90 Å². The summed E-state index contributed by atoms with van der Waals surface area (Å²) in [6.45, 7) is 1.54. The molecule has 0 N–H and O–H groups in total. The van der Waals surface area contributed by atoms with Crippen molar-refractivity contribution in [3.63, 3.8) is 0 Å². The maximum atomic E-state index is 10.9. The van der Waals surface area contributed by atoms with Gasteiger partial charge in [-0.25, -0.2) is 0 Å². The first-order valence-corrected chi connectivity index (χ1v) is 6.09. The van der Waals surface area contributed by atoms with Gasteiger partial charge in [0.1, 0.15) is 4.99 Å². The van der Waals surface area contributed by atoms with Gasteiger partial charge < -0.3 is 0 Å². The third-order valence-corrected chi connectivity index (χ3v) is 3.43. The van der Waals surface area contributed by atoms with E-state index in [0.29, 0.717) is 18.0 Å². The van der Waals surface area contributed by atoms with E-state index < -0.39 is 10.3 Å². The summed E-state index contributed by atoms with van der Waals surface area (Å²) < 4.78 is 21.8. The van der Waals surface area contributed by atoms with Crippen molar-refractivity contribution in [2.24, 2.45) is 0 Å². The number of likely N-dealkylation sites (tertiary alicyclic amines) is 1. The van der Waals surface area contributed by atoms with E-state index in [1.54, 1.807) is 0 Å². The molecule has 1 aromatic carbocycles. The molecule has 1 aliphatic heterocycles. The smallest absolute Gasteiger partial charge is 0.228 e. The number of hydrogen-bond acceptors (Lipinski definition) is 2. The second kappa shape index (κ2) is 4.59. The fourth-order valence-corrected chi connectivity index (χ4v) is 2.54. The standard InChI is InChI=1S/C11H13NO2S/c13-15(14)11-7-4-8-12(11)9-10-5-2-1-3-6-10/h1-3,5-6H,4,7-9H2. The molecule has 0 unspecified atom stereocenters. The highest BCUT2D eigenvalue weighted by Crippen LogP contribution is 2.14. The quantitative estimate of drug-likeness (QED) is 0.709. The predicted octanol–water partition coefficient (Wildman–Crippen LogP) is 1.29. The van der Waals surface area contributed by atoms with Crippen LogP contribution in [-0.2, 0) is 16.8 Å². The summed E-state index contributed by atoms with van der Waals surface area (Å²) in [6.07, 6.45) is 1.62. The highest BCUT2D eigenvalue weighted by molar-refractivity contribution is 7.72. The second-order valence-electron chi connectivity index (χ2n) is 3.64. The molecule has 1 aromatic rings. The maximum absolute atomic E-state index is 10.9. The molecule has 0 radical (unpaired) electrons. The second-order valence-corrected chi connectivity index (χ2v) is 4.58. The Morgan fingerprint density at radius 1 is 1.20 bits per heavy atom. The molecule has 1 fully saturated rings. The SMILES string of the molecule is O=S(=O)=C1CCCN1Cc1ccccc1. The number of rotatable bonds is 2. The molecule has 2 rings (SSSR count). The Hall–Kier alpha value is -1.13. The van der Waals surface area contributed by atoms with Crippen molar-refractivity contribution in [1.29, 1.82) is 0 Å². The van der Waals surface area contributed by atoms with Crippen molar-refractivity contribution >= 4 is 15.3 Å². The third kappa shape index (κ3) is 2.46. The number of hydrogen-bond donors (Lipinski definition) is 0. The Kier molecular flexibility index (Phi) is 3.18. The van der Waals surface area contributed by atoms with Crippen molar-refractivity contribution in [2.75, 3.05) is 6.54 Å². The van der Waals surface area contributed by atoms with Gasteiger partial charge in [0.05, 0.1) is 0 Å². The summed E-state index contributed by atoms with van der Waals surface area (Å²) in [5.41, 5.74) is 1.15. The summed E-state index contributed by atoms with van der Waals surface area (Å²) >= 11 is 0. The molecule has 0 aliphatic carbocycles. The van der Waals surface area contributed by atoms with E-state index in [9.17, 15) is 8.42 Å². The Bertz CT molecular complexity index is 457. The molecule has 0 aromatic heterocycles. The van der Waals surface area contributed by atoms with Crippen LogP contribution < -0.4 is 0 Å². The van der Waals surface area contributed by atoms with Gasteiger partial charge in [0.2, 0.25) is 10.3 Å². The molecule has 0 amide bonds. The van der Waals surface area contributed by atoms with Crippen LogP contribution in [0.25, 0.3) is 0 Å². The average molecular weight is 223 g/mol. The van der Waals surface area contributed by atoms with Gasteiger partial charge in [-0.15, -0.1) is 0 Å². The molecule has 15 heavy (non-hydrogen) atoms. The Balaban J connectivity index is 2.17. The monoisotopic (exact) mass is 223 g/mol. The highest BCUT2D eigenvalue weighted by atomic mass is 32.2. The van der Waals surface area contributed by atoms with E-state index in [4.69, 9.17) is 0 Å². The summed E-state index contributed by atoms with van der Waals surface area (Å²) in [4.78, 5) is 2.50. The van der Waals surface area contributed by atoms with Gasteiger partial charge in [-0.05, 0) is 18.4 Å². The minimum atomic E-state index is -2.05. The zero-order chi connectivity index (χ0) is 10.7. The van der Waals surface area contributed by atoms with Crippen LogP contribution in [0.5, 0.6) is 0 Å². The van der Waals surface area contributed by atoms with Gasteiger partial charge in [0.25, 0.3) is 0 Å². The molecule has 1 aliphatic rings. The van der Waals surface area contributed by atoms with E-state index in [1.807, 2.05) is 35.2 Å². The fraction of sp³-hybridized carbons (Fsp3) is 0.364. The summed E-state index contributed by atoms with van der Waals surface area (Å²) in [5.74, 6) is 0. The minimum Gasteiger partial charge on any atom is -0.261 e. The van der Waals surface area contributed by atoms with Gasteiger partial charge in [-0.3, -0.25) is 4.90 Å². The van der Waals surface area contributed by atoms with Crippen LogP contribution in [-0.4, -0.2) is 24.9 Å². The molecule has 0 spiro atoms. The summed E-state index contributed by atoms with van der Waals surface area (Å²) in [6, 6.07) is 9.94. The van der Waals surface area contributed by atoms with Gasteiger partial charge in [0, 0.05) is 13.1 Å². The summed E-state index contributed by atoms with van der Waals surface area (Å²) in [5, 5.41) is 0. The Morgan fingerprint density at radius 3 is 2.60 bits per heavy atom. The van der Waals surface area contributed by atoms with Gasteiger partial charge in [0.15, 0.2) is 0 Å². The lowest BCUT2D eigenvalue weighted by atomic mass is 10.2. The third-order valence-electron chi connectivity index (χ3n) is 2.58. The molecule has 0 bridgehead atoms. The highest BCUT2D eigenvalue weighted by Gasteiger charge is 2.20. The largest absolute Gasteiger partial charge is 0.261 e. The lowest BCUT2D eigenvalue weighted by Gasteiger charge is -2.14. The summed E-state index contributed by atoms with van der Waals surface area (Å²) in [7, 11) is -2.05. The van der Waals surface area contributed by atoms with E-state index in [1.165, 1.54) is 0 Å². The Morgan fingerprint density at radius 2 is 1.93 bits per heavy atom. The Labute approximate surface area is 90.9 Å². The zero-order valence-corrected chi connectivity index (χ0v) is 9.20. The zero-order valence-electron chi connectivity index (χ0n) is 8.39. The first-order chi connectivity index (χ1) is 7.27.